The normalized spacial score (nSPS) is 28.9. The van der Waals surface area contributed by atoms with Crippen molar-refractivity contribution in [2.24, 2.45) is 11.3 Å². The minimum Gasteiger partial charge on any atom is -0.0808 e. The molecule has 14 heavy (non-hydrogen) atoms. The summed E-state index contributed by atoms with van der Waals surface area (Å²) in [5.41, 5.74) is 3.08. The maximum absolute atomic E-state index is 2.30. The second-order valence-corrected chi connectivity index (χ2v) is 5.01. The SMILES string of the molecule is CC1C=CC2=C(C=CC(C)(C)C=C2)C1. The van der Waals surface area contributed by atoms with E-state index < -0.39 is 0 Å². The molecule has 0 saturated heterocycles. The summed E-state index contributed by atoms with van der Waals surface area (Å²) in [5.74, 6) is 0.688. The van der Waals surface area contributed by atoms with Gasteiger partial charge in [-0.1, -0.05) is 57.2 Å². The van der Waals surface area contributed by atoms with Gasteiger partial charge in [-0.15, -0.1) is 0 Å². The zero-order valence-electron chi connectivity index (χ0n) is 9.25. The first-order valence-electron chi connectivity index (χ1n) is 5.37. The number of hydrogen-bond acceptors (Lipinski definition) is 0. The minimum absolute atomic E-state index is 0.203. The zero-order chi connectivity index (χ0) is 10.2. The molecule has 0 aliphatic heterocycles. The molecule has 0 nitrogen and oxygen atoms in total. The van der Waals surface area contributed by atoms with Crippen molar-refractivity contribution >= 4 is 0 Å². The lowest BCUT2D eigenvalue weighted by atomic mass is 9.91. The van der Waals surface area contributed by atoms with E-state index in [1.54, 1.807) is 0 Å². The van der Waals surface area contributed by atoms with Gasteiger partial charge < -0.3 is 0 Å². The Bertz CT molecular complexity index is 348. The second-order valence-electron chi connectivity index (χ2n) is 5.01. The Kier molecular flexibility index (Phi) is 2.22. The Balaban J connectivity index is 2.35. The fraction of sp³-hybridized carbons (Fsp3) is 0.429. The highest BCUT2D eigenvalue weighted by Gasteiger charge is 2.16. The quantitative estimate of drug-likeness (QED) is 0.536. The Hall–Kier alpha value is -1.04. The topological polar surface area (TPSA) is 0 Å². The van der Waals surface area contributed by atoms with E-state index in [0.29, 0.717) is 5.92 Å². The van der Waals surface area contributed by atoms with Crippen LogP contribution in [0.15, 0.2) is 47.6 Å². The molecule has 0 aromatic carbocycles. The first kappa shape index (κ1) is 9.51. The van der Waals surface area contributed by atoms with Crippen molar-refractivity contribution < 1.29 is 0 Å². The monoisotopic (exact) mass is 186 g/mol. The van der Waals surface area contributed by atoms with Crippen molar-refractivity contribution in [2.45, 2.75) is 27.2 Å². The van der Waals surface area contributed by atoms with Crippen LogP contribution in [0.1, 0.15) is 27.2 Å². The molecule has 0 aromatic heterocycles. The van der Waals surface area contributed by atoms with Crippen molar-refractivity contribution in [3.05, 3.63) is 47.6 Å². The molecule has 0 aromatic rings. The van der Waals surface area contributed by atoms with Crippen LogP contribution in [0.25, 0.3) is 0 Å². The molecule has 1 unspecified atom stereocenters. The van der Waals surface area contributed by atoms with Crippen LogP contribution in [0.5, 0.6) is 0 Å². The van der Waals surface area contributed by atoms with E-state index in [9.17, 15) is 0 Å². The number of allylic oxidation sites excluding steroid dienone is 8. The highest BCUT2D eigenvalue weighted by molar-refractivity contribution is 5.46. The number of hydrogen-bond donors (Lipinski definition) is 0. The lowest BCUT2D eigenvalue weighted by Gasteiger charge is -2.14. The van der Waals surface area contributed by atoms with Crippen molar-refractivity contribution in [1.29, 1.82) is 0 Å². The maximum atomic E-state index is 2.30. The van der Waals surface area contributed by atoms with Crippen LogP contribution in [0.2, 0.25) is 0 Å². The Labute approximate surface area is 86.7 Å². The Morgan fingerprint density at radius 2 is 1.86 bits per heavy atom. The summed E-state index contributed by atoms with van der Waals surface area (Å²) in [4.78, 5) is 0. The molecule has 0 radical (unpaired) electrons. The smallest absolute Gasteiger partial charge is 0.00110 e. The average Bonchev–Trinajstić information content (AvgIpc) is 2.26. The fourth-order valence-corrected chi connectivity index (χ4v) is 1.91. The van der Waals surface area contributed by atoms with Gasteiger partial charge in [-0.3, -0.25) is 0 Å². The van der Waals surface area contributed by atoms with E-state index in [-0.39, 0.29) is 5.41 Å². The van der Waals surface area contributed by atoms with Gasteiger partial charge in [0.1, 0.15) is 0 Å². The van der Waals surface area contributed by atoms with Gasteiger partial charge in [0.05, 0.1) is 0 Å². The van der Waals surface area contributed by atoms with E-state index in [0.717, 1.165) is 0 Å². The van der Waals surface area contributed by atoms with E-state index >= 15 is 0 Å². The van der Waals surface area contributed by atoms with Crippen LogP contribution in [-0.2, 0) is 0 Å². The molecule has 0 spiro atoms. The van der Waals surface area contributed by atoms with Crippen molar-refractivity contribution in [3.8, 4) is 0 Å². The molecule has 0 heteroatoms. The molecule has 0 amide bonds. The fourth-order valence-electron chi connectivity index (χ4n) is 1.91. The van der Waals surface area contributed by atoms with Gasteiger partial charge in [-0.05, 0) is 23.5 Å². The highest BCUT2D eigenvalue weighted by Crippen LogP contribution is 2.31. The van der Waals surface area contributed by atoms with Gasteiger partial charge in [0, 0.05) is 5.41 Å². The van der Waals surface area contributed by atoms with Gasteiger partial charge in [-0.2, -0.15) is 0 Å². The molecule has 0 bridgehead atoms. The molecule has 2 rings (SSSR count). The minimum atomic E-state index is 0.203. The first-order chi connectivity index (χ1) is 6.57. The molecular formula is C14H18. The first-order valence-corrected chi connectivity index (χ1v) is 5.37. The summed E-state index contributed by atoms with van der Waals surface area (Å²) < 4.78 is 0. The molecule has 0 saturated carbocycles. The van der Waals surface area contributed by atoms with Crippen LogP contribution < -0.4 is 0 Å². The second kappa shape index (κ2) is 3.27. The molecule has 2 aliphatic carbocycles. The molecule has 0 N–H and O–H groups in total. The largest absolute Gasteiger partial charge is 0.0808 e. The molecule has 1 atom stereocenters. The van der Waals surface area contributed by atoms with Crippen LogP contribution >= 0.6 is 0 Å². The van der Waals surface area contributed by atoms with Crippen LogP contribution in [-0.4, -0.2) is 0 Å². The Morgan fingerprint density at radius 1 is 1.14 bits per heavy atom. The van der Waals surface area contributed by atoms with Gasteiger partial charge in [-0.25, -0.2) is 0 Å². The van der Waals surface area contributed by atoms with E-state index in [1.165, 1.54) is 17.6 Å². The summed E-state index contributed by atoms with van der Waals surface area (Å²) in [6.45, 7) is 6.76. The van der Waals surface area contributed by atoms with Gasteiger partial charge in [0.2, 0.25) is 0 Å². The third-order valence-corrected chi connectivity index (χ3v) is 2.92. The number of rotatable bonds is 0. The Morgan fingerprint density at radius 3 is 2.64 bits per heavy atom. The third-order valence-electron chi connectivity index (χ3n) is 2.92. The van der Waals surface area contributed by atoms with Gasteiger partial charge in [0.25, 0.3) is 0 Å². The maximum Gasteiger partial charge on any atom is 0.00110 e. The average molecular weight is 186 g/mol. The third kappa shape index (κ3) is 1.89. The molecule has 74 valence electrons. The van der Waals surface area contributed by atoms with Crippen LogP contribution in [0.4, 0.5) is 0 Å². The van der Waals surface area contributed by atoms with E-state index in [4.69, 9.17) is 0 Å². The molecule has 0 fully saturated rings. The predicted octanol–water partition coefficient (Wildman–Crippen LogP) is 4.03. The summed E-state index contributed by atoms with van der Waals surface area (Å²) in [5, 5.41) is 0. The van der Waals surface area contributed by atoms with Gasteiger partial charge >= 0.3 is 0 Å². The highest BCUT2D eigenvalue weighted by atomic mass is 14.2. The summed E-state index contributed by atoms with van der Waals surface area (Å²) in [6.07, 6.45) is 14.9. The lowest BCUT2D eigenvalue weighted by Crippen LogP contribution is -2.00. The zero-order valence-corrected chi connectivity index (χ0v) is 9.25. The summed E-state index contributed by atoms with van der Waals surface area (Å²) in [6, 6.07) is 0. The summed E-state index contributed by atoms with van der Waals surface area (Å²) in [7, 11) is 0. The standard InChI is InChI=1S/C14H18/c1-11-4-5-12-6-8-14(2,3)9-7-13(12)10-11/h4-9,11H,10H2,1-3H3. The van der Waals surface area contributed by atoms with Crippen molar-refractivity contribution in [3.63, 3.8) is 0 Å². The summed E-state index contributed by atoms with van der Waals surface area (Å²) >= 11 is 0. The van der Waals surface area contributed by atoms with Crippen molar-refractivity contribution in [1.82, 2.24) is 0 Å². The van der Waals surface area contributed by atoms with Gasteiger partial charge in [0.15, 0.2) is 0 Å². The molecule has 2 aliphatic rings. The predicted molar refractivity (Wildman–Crippen MR) is 62.0 cm³/mol. The lowest BCUT2D eigenvalue weighted by molar-refractivity contribution is 0.626. The molecule has 0 heterocycles. The van der Waals surface area contributed by atoms with Crippen LogP contribution in [0, 0.1) is 11.3 Å². The molecular weight excluding hydrogens is 168 g/mol. The van der Waals surface area contributed by atoms with E-state index in [1.807, 2.05) is 0 Å². The van der Waals surface area contributed by atoms with Crippen molar-refractivity contribution in [2.75, 3.05) is 0 Å². The van der Waals surface area contributed by atoms with E-state index in [2.05, 4.69) is 57.2 Å². The van der Waals surface area contributed by atoms with Crippen LogP contribution in [0.3, 0.4) is 0 Å².